The molecule has 0 bridgehead atoms. The van der Waals surface area contributed by atoms with Gasteiger partial charge in [-0.25, -0.2) is 8.42 Å². The number of alkyl halides is 3. The average molecular weight is 582 g/mol. The lowest BCUT2D eigenvalue weighted by Crippen LogP contribution is -2.38. The maximum Gasteiger partial charge on any atom is 0.417 e. The Labute approximate surface area is 230 Å². The molecule has 0 heterocycles. The van der Waals surface area contributed by atoms with Crippen LogP contribution in [0.5, 0.6) is 0 Å². The van der Waals surface area contributed by atoms with Crippen LogP contribution in [0.3, 0.4) is 0 Å². The molecule has 208 valence electrons. The second kappa shape index (κ2) is 12.1. The maximum atomic E-state index is 13.6. The number of carbonyl (C=O) groups is 2. The molecule has 0 aliphatic heterocycles. The van der Waals surface area contributed by atoms with Crippen molar-refractivity contribution in [3.63, 3.8) is 0 Å². The van der Waals surface area contributed by atoms with E-state index in [4.69, 9.17) is 11.6 Å². The fraction of sp³-hybridized carbons (Fsp3) is 0.259. The third kappa shape index (κ3) is 6.90. The minimum absolute atomic E-state index is 0.138. The Morgan fingerprint density at radius 2 is 1.56 bits per heavy atom. The highest BCUT2D eigenvalue weighted by Gasteiger charge is 2.35. The molecule has 3 aromatic rings. The van der Waals surface area contributed by atoms with Crippen LogP contribution in [0.2, 0.25) is 5.02 Å². The van der Waals surface area contributed by atoms with Gasteiger partial charge in [-0.1, -0.05) is 41.4 Å². The van der Waals surface area contributed by atoms with Gasteiger partial charge in [-0.15, -0.1) is 0 Å². The summed E-state index contributed by atoms with van der Waals surface area (Å²) in [5.41, 5.74) is -0.567. The number of benzene rings is 3. The molecule has 0 aliphatic carbocycles. The van der Waals surface area contributed by atoms with Crippen LogP contribution in [0.15, 0.2) is 71.6 Å². The Balaban J connectivity index is 2.04. The van der Waals surface area contributed by atoms with Gasteiger partial charge >= 0.3 is 6.18 Å². The van der Waals surface area contributed by atoms with Crippen molar-refractivity contribution in [2.45, 2.75) is 31.8 Å². The smallest absolute Gasteiger partial charge is 0.339 e. The Morgan fingerprint density at radius 1 is 0.949 bits per heavy atom. The van der Waals surface area contributed by atoms with Crippen molar-refractivity contribution >= 4 is 44.8 Å². The van der Waals surface area contributed by atoms with Crippen LogP contribution in [0.4, 0.5) is 24.5 Å². The Hall–Kier alpha value is -3.57. The summed E-state index contributed by atoms with van der Waals surface area (Å²) < 4.78 is 68.5. The molecule has 12 heteroatoms. The lowest BCUT2D eigenvalue weighted by atomic mass is 10.1. The van der Waals surface area contributed by atoms with Crippen LogP contribution in [0.1, 0.15) is 35.3 Å². The Bertz CT molecular complexity index is 1460. The lowest BCUT2D eigenvalue weighted by Gasteiger charge is -2.26. The van der Waals surface area contributed by atoms with E-state index in [2.05, 4.69) is 5.32 Å². The summed E-state index contributed by atoms with van der Waals surface area (Å²) >= 11 is 5.74. The number of hydrogen-bond acceptors (Lipinski definition) is 4. The Morgan fingerprint density at radius 3 is 2.15 bits per heavy atom. The number of para-hydroxylation sites is 1. The van der Waals surface area contributed by atoms with Crippen LogP contribution in [-0.4, -0.2) is 44.8 Å². The van der Waals surface area contributed by atoms with Crippen molar-refractivity contribution in [1.82, 2.24) is 4.90 Å². The topological polar surface area (TPSA) is 86.8 Å². The third-order valence-electron chi connectivity index (χ3n) is 5.92. The van der Waals surface area contributed by atoms with E-state index in [9.17, 15) is 31.2 Å². The van der Waals surface area contributed by atoms with Gasteiger partial charge in [0.25, 0.3) is 15.9 Å². The van der Waals surface area contributed by atoms with Crippen molar-refractivity contribution in [2.75, 3.05) is 29.3 Å². The Kier molecular flexibility index (Phi) is 9.29. The first-order valence-electron chi connectivity index (χ1n) is 11.9. The number of hydrogen-bond donors (Lipinski definition) is 1. The fourth-order valence-electron chi connectivity index (χ4n) is 3.82. The molecule has 3 aromatic carbocycles. The summed E-state index contributed by atoms with van der Waals surface area (Å²) in [5.74, 6) is -1.21. The fourth-order valence-corrected chi connectivity index (χ4v) is 5.46. The van der Waals surface area contributed by atoms with Crippen molar-refractivity contribution in [2.24, 2.45) is 0 Å². The highest BCUT2D eigenvalue weighted by atomic mass is 35.5. The molecule has 0 spiro atoms. The molecule has 0 aliphatic rings. The van der Waals surface area contributed by atoms with E-state index in [-0.39, 0.29) is 22.1 Å². The molecule has 0 atom stereocenters. The van der Waals surface area contributed by atoms with Crippen LogP contribution >= 0.6 is 11.6 Å². The van der Waals surface area contributed by atoms with Crippen molar-refractivity contribution in [3.8, 4) is 0 Å². The van der Waals surface area contributed by atoms with Gasteiger partial charge in [-0.2, -0.15) is 13.2 Å². The molecule has 0 unspecified atom stereocenters. The summed E-state index contributed by atoms with van der Waals surface area (Å²) in [4.78, 5) is 27.4. The molecule has 0 saturated carbocycles. The number of aryl methyl sites for hydroxylation is 1. The van der Waals surface area contributed by atoms with Crippen LogP contribution in [0.25, 0.3) is 0 Å². The normalized spacial score (nSPS) is 11.7. The molecule has 0 aromatic heterocycles. The highest BCUT2D eigenvalue weighted by molar-refractivity contribution is 7.92. The van der Waals surface area contributed by atoms with E-state index >= 15 is 0 Å². The SMILES string of the molecule is CCN(CC)C(=O)c1ccccc1NC(=O)CN(c1ccc(Cl)c(C(F)(F)F)c1)S(=O)(=O)c1ccc(C)cc1. The van der Waals surface area contributed by atoms with Crippen molar-refractivity contribution in [3.05, 3.63) is 88.4 Å². The zero-order valence-corrected chi connectivity index (χ0v) is 23.0. The molecular weight excluding hydrogens is 555 g/mol. The summed E-state index contributed by atoms with van der Waals surface area (Å²) in [5, 5.41) is 1.92. The minimum Gasteiger partial charge on any atom is -0.339 e. The molecule has 1 N–H and O–H groups in total. The quantitative estimate of drug-likeness (QED) is 0.337. The van der Waals surface area contributed by atoms with Gasteiger partial charge in [0, 0.05) is 13.1 Å². The number of nitrogens with zero attached hydrogens (tertiary/aromatic N) is 2. The van der Waals surface area contributed by atoms with Crippen LogP contribution < -0.4 is 9.62 Å². The minimum atomic E-state index is -4.86. The highest BCUT2D eigenvalue weighted by Crippen LogP contribution is 2.38. The number of amides is 2. The van der Waals surface area contributed by atoms with Gasteiger partial charge in [0.1, 0.15) is 6.54 Å². The molecule has 7 nitrogen and oxygen atoms in total. The first kappa shape index (κ1) is 30.0. The predicted octanol–water partition coefficient (Wildman–Crippen LogP) is 5.98. The van der Waals surface area contributed by atoms with Gasteiger partial charge in [-0.05, 0) is 63.2 Å². The van der Waals surface area contributed by atoms with Gasteiger partial charge in [0.05, 0.1) is 32.4 Å². The summed E-state index contributed by atoms with van der Waals surface area (Å²) in [6.07, 6.45) is -4.86. The van der Waals surface area contributed by atoms with Crippen LogP contribution in [0, 0.1) is 6.92 Å². The van der Waals surface area contributed by atoms with E-state index in [1.165, 1.54) is 36.4 Å². The first-order chi connectivity index (χ1) is 18.3. The molecule has 0 fully saturated rings. The zero-order chi connectivity index (χ0) is 29.0. The standard InChI is InChI=1S/C27H27ClF3N3O4S/c1-4-33(5-2)26(36)21-8-6-7-9-24(21)32-25(35)17-34(39(37,38)20-13-10-18(3)11-14-20)19-12-15-23(28)22(16-19)27(29,30)31/h6-16H,4-5,17H2,1-3H3,(H,32,35). The number of anilines is 2. The van der Waals surface area contributed by atoms with Crippen molar-refractivity contribution in [1.29, 1.82) is 0 Å². The molecule has 0 saturated heterocycles. The predicted molar refractivity (Wildman–Crippen MR) is 144 cm³/mol. The van der Waals surface area contributed by atoms with Gasteiger partial charge in [-0.3, -0.25) is 13.9 Å². The van der Waals surface area contributed by atoms with E-state index in [0.29, 0.717) is 23.5 Å². The molecule has 2 amide bonds. The third-order valence-corrected chi connectivity index (χ3v) is 8.04. The molecule has 3 rings (SSSR count). The van der Waals surface area contributed by atoms with Gasteiger partial charge < -0.3 is 10.2 Å². The second-order valence-electron chi connectivity index (χ2n) is 8.56. The lowest BCUT2D eigenvalue weighted by molar-refractivity contribution is -0.137. The summed E-state index contributed by atoms with van der Waals surface area (Å²) in [6.45, 7) is 5.34. The second-order valence-corrected chi connectivity index (χ2v) is 10.8. The first-order valence-corrected chi connectivity index (χ1v) is 13.8. The summed E-state index contributed by atoms with van der Waals surface area (Å²) in [6, 6.07) is 14.5. The molecular formula is C27H27ClF3N3O4S. The van der Waals surface area contributed by atoms with E-state index in [0.717, 1.165) is 17.7 Å². The number of nitrogens with one attached hydrogen (secondary N) is 1. The van der Waals surface area contributed by atoms with Crippen molar-refractivity contribution < 1.29 is 31.2 Å². The van der Waals surface area contributed by atoms with E-state index in [1.54, 1.807) is 37.8 Å². The van der Waals surface area contributed by atoms with Gasteiger partial charge in [0.15, 0.2) is 0 Å². The average Bonchev–Trinajstić information content (AvgIpc) is 2.88. The molecule has 39 heavy (non-hydrogen) atoms. The van der Waals surface area contributed by atoms with Crippen LogP contribution in [-0.2, 0) is 21.0 Å². The summed E-state index contributed by atoms with van der Waals surface area (Å²) in [7, 11) is -4.49. The molecule has 0 radical (unpaired) electrons. The number of halogens is 4. The zero-order valence-electron chi connectivity index (χ0n) is 21.4. The number of sulfonamides is 1. The monoisotopic (exact) mass is 581 g/mol. The number of carbonyl (C=O) groups excluding carboxylic acids is 2. The maximum absolute atomic E-state index is 13.6. The van der Waals surface area contributed by atoms with Gasteiger partial charge in [0.2, 0.25) is 5.91 Å². The van der Waals surface area contributed by atoms with E-state index < -0.39 is 44.9 Å². The largest absolute Gasteiger partial charge is 0.417 e. The van der Waals surface area contributed by atoms with E-state index in [1.807, 2.05) is 0 Å². The number of rotatable bonds is 9.